The fourth-order valence-corrected chi connectivity index (χ4v) is 2.00. The second kappa shape index (κ2) is 10.4. The first kappa shape index (κ1) is 19.7. The molecule has 1 aromatic carbocycles. The minimum atomic E-state index is -0.560. The van der Waals surface area contributed by atoms with E-state index in [9.17, 15) is 4.79 Å². The van der Waals surface area contributed by atoms with E-state index in [4.69, 9.17) is 32.2 Å². The number of benzene rings is 1. The van der Waals surface area contributed by atoms with Crippen LogP contribution in [0.15, 0.2) is 23.3 Å². The Hall–Kier alpha value is -2.39. The van der Waals surface area contributed by atoms with Crippen molar-refractivity contribution in [1.29, 1.82) is 0 Å². The van der Waals surface area contributed by atoms with Crippen molar-refractivity contribution in [1.82, 2.24) is 10.7 Å². The first-order valence-electron chi connectivity index (χ1n) is 7.14. The van der Waals surface area contributed by atoms with Gasteiger partial charge in [-0.05, 0) is 42.9 Å². The first-order chi connectivity index (χ1) is 11.5. The van der Waals surface area contributed by atoms with E-state index in [1.807, 2.05) is 6.92 Å². The summed E-state index contributed by atoms with van der Waals surface area (Å²) < 4.78 is 15.5. The van der Waals surface area contributed by atoms with Gasteiger partial charge in [-0.25, -0.2) is 0 Å². The van der Waals surface area contributed by atoms with Crippen LogP contribution in [0.2, 0.25) is 0 Å². The summed E-state index contributed by atoms with van der Waals surface area (Å²) in [7, 11) is 3.12. The number of carbonyl (C=O) groups is 1. The summed E-state index contributed by atoms with van der Waals surface area (Å²) in [5, 5.41) is 7.46. The molecular weight excluding hydrogens is 332 g/mol. The molecule has 132 valence electrons. The average molecular weight is 354 g/mol. The Morgan fingerprint density at radius 2 is 2.17 bits per heavy atom. The van der Waals surface area contributed by atoms with Gasteiger partial charge in [-0.15, -0.1) is 0 Å². The number of nitrogens with zero attached hydrogens (tertiary/aromatic N) is 1. The third kappa shape index (κ3) is 7.25. The standard InChI is InChI=1S/C15H22N4O4S/c1-10(8-21-2)18-15(24)19-17-7-11-4-5-12(13(6-11)22-3)23-9-14(16)20/h4-7,10H,8-9H2,1-3H3,(H2,16,20)(H2,18,19,24)/b17-7-/t10-/m0/s1. The molecule has 0 fully saturated rings. The minimum absolute atomic E-state index is 0.0759. The number of amides is 1. The molecule has 24 heavy (non-hydrogen) atoms. The van der Waals surface area contributed by atoms with E-state index in [-0.39, 0.29) is 12.6 Å². The van der Waals surface area contributed by atoms with Crippen LogP contribution in [0.4, 0.5) is 0 Å². The third-order valence-electron chi connectivity index (χ3n) is 2.73. The molecule has 1 atom stereocenters. The normalized spacial score (nSPS) is 11.8. The van der Waals surface area contributed by atoms with E-state index in [2.05, 4.69) is 15.8 Å². The maximum absolute atomic E-state index is 10.8. The van der Waals surface area contributed by atoms with Gasteiger partial charge >= 0.3 is 0 Å². The van der Waals surface area contributed by atoms with Crippen molar-refractivity contribution in [3.63, 3.8) is 0 Å². The van der Waals surface area contributed by atoms with Crippen molar-refractivity contribution in [2.45, 2.75) is 13.0 Å². The second-order valence-corrected chi connectivity index (χ2v) is 5.27. The van der Waals surface area contributed by atoms with E-state index < -0.39 is 5.91 Å². The number of hydrazone groups is 1. The lowest BCUT2D eigenvalue weighted by Crippen LogP contribution is -2.40. The van der Waals surface area contributed by atoms with Crippen LogP contribution < -0.4 is 25.9 Å². The largest absolute Gasteiger partial charge is 0.493 e. The van der Waals surface area contributed by atoms with Crippen molar-refractivity contribution in [3.8, 4) is 11.5 Å². The Kier molecular flexibility index (Phi) is 8.52. The highest BCUT2D eigenvalue weighted by Gasteiger charge is 2.06. The van der Waals surface area contributed by atoms with E-state index in [1.54, 1.807) is 31.5 Å². The van der Waals surface area contributed by atoms with Gasteiger partial charge in [0, 0.05) is 13.2 Å². The van der Waals surface area contributed by atoms with E-state index >= 15 is 0 Å². The highest BCUT2D eigenvalue weighted by atomic mass is 32.1. The van der Waals surface area contributed by atoms with Crippen LogP contribution in [0.3, 0.4) is 0 Å². The maximum atomic E-state index is 10.8. The molecule has 0 aliphatic rings. The first-order valence-corrected chi connectivity index (χ1v) is 7.54. The van der Waals surface area contributed by atoms with Crippen LogP contribution in [-0.2, 0) is 9.53 Å². The highest BCUT2D eigenvalue weighted by molar-refractivity contribution is 7.80. The number of rotatable bonds is 9. The van der Waals surface area contributed by atoms with Gasteiger partial charge in [0.15, 0.2) is 23.2 Å². The molecule has 1 rings (SSSR count). The van der Waals surface area contributed by atoms with Gasteiger partial charge in [-0.1, -0.05) is 0 Å². The molecule has 0 aromatic heterocycles. The molecular formula is C15H22N4O4S. The summed E-state index contributed by atoms with van der Waals surface area (Å²) in [5.74, 6) is 0.331. The molecule has 0 saturated carbocycles. The molecule has 0 aliphatic carbocycles. The Labute approximate surface area is 146 Å². The van der Waals surface area contributed by atoms with Crippen LogP contribution in [0.1, 0.15) is 12.5 Å². The Morgan fingerprint density at radius 3 is 2.79 bits per heavy atom. The van der Waals surface area contributed by atoms with Crippen molar-refractivity contribution in [2.75, 3.05) is 27.4 Å². The molecule has 0 unspecified atom stereocenters. The number of hydrogen-bond donors (Lipinski definition) is 3. The monoisotopic (exact) mass is 354 g/mol. The fourth-order valence-electron chi connectivity index (χ4n) is 1.75. The molecule has 0 spiro atoms. The van der Waals surface area contributed by atoms with Crippen LogP contribution in [-0.4, -0.2) is 50.7 Å². The second-order valence-electron chi connectivity index (χ2n) is 4.87. The SMILES string of the molecule is COC[C@H](C)NC(=S)N/N=C\c1ccc(OCC(N)=O)c(OC)c1. The van der Waals surface area contributed by atoms with Gasteiger partial charge in [-0.3, -0.25) is 10.2 Å². The van der Waals surface area contributed by atoms with Gasteiger partial charge in [-0.2, -0.15) is 5.10 Å². The lowest BCUT2D eigenvalue weighted by Gasteiger charge is -2.13. The van der Waals surface area contributed by atoms with Crippen LogP contribution in [0.5, 0.6) is 11.5 Å². The van der Waals surface area contributed by atoms with Crippen molar-refractivity contribution in [2.24, 2.45) is 10.8 Å². The number of nitrogens with one attached hydrogen (secondary N) is 2. The van der Waals surface area contributed by atoms with E-state index in [0.29, 0.717) is 23.2 Å². The minimum Gasteiger partial charge on any atom is -0.493 e. The fraction of sp³-hybridized carbons (Fsp3) is 0.400. The molecule has 1 amide bonds. The zero-order chi connectivity index (χ0) is 17.9. The molecule has 8 nitrogen and oxygen atoms in total. The molecule has 1 aromatic rings. The number of ether oxygens (including phenoxy) is 3. The zero-order valence-corrected chi connectivity index (χ0v) is 14.7. The Balaban J connectivity index is 2.61. The number of nitrogens with two attached hydrogens (primary N) is 1. The molecule has 0 radical (unpaired) electrons. The topological polar surface area (TPSA) is 107 Å². The number of hydrogen-bond acceptors (Lipinski definition) is 6. The molecule has 0 saturated heterocycles. The number of carbonyl (C=O) groups excluding carboxylic acids is 1. The molecule has 9 heteroatoms. The predicted molar refractivity (Wildman–Crippen MR) is 95.5 cm³/mol. The third-order valence-corrected chi connectivity index (χ3v) is 2.94. The van der Waals surface area contributed by atoms with Crippen molar-refractivity contribution < 1.29 is 19.0 Å². The quantitative estimate of drug-likeness (QED) is 0.334. The summed E-state index contributed by atoms with van der Waals surface area (Å²) in [6, 6.07) is 5.21. The number of methoxy groups -OCH3 is 2. The zero-order valence-electron chi connectivity index (χ0n) is 13.9. The van der Waals surface area contributed by atoms with E-state index in [0.717, 1.165) is 5.56 Å². The summed E-state index contributed by atoms with van der Waals surface area (Å²) in [5.41, 5.74) is 8.53. The molecule has 0 aliphatic heterocycles. The summed E-state index contributed by atoms with van der Waals surface area (Å²) in [6.45, 7) is 2.26. The van der Waals surface area contributed by atoms with Crippen LogP contribution in [0, 0.1) is 0 Å². The molecule has 0 heterocycles. The molecule has 4 N–H and O–H groups in total. The van der Waals surface area contributed by atoms with Crippen molar-refractivity contribution in [3.05, 3.63) is 23.8 Å². The summed E-state index contributed by atoms with van der Waals surface area (Å²) in [4.78, 5) is 10.8. The van der Waals surface area contributed by atoms with Gasteiger partial charge in [0.05, 0.1) is 19.9 Å². The van der Waals surface area contributed by atoms with Crippen LogP contribution in [0.25, 0.3) is 0 Å². The van der Waals surface area contributed by atoms with Gasteiger partial charge < -0.3 is 25.3 Å². The lowest BCUT2D eigenvalue weighted by atomic mass is 10.2. The lowest BCUT2D eigenvalue weighted by molar-refractivity contribution is -0.119. The number of primary amides is 1. The van der Waals surface area contributed by atoms with Crippen LogP contribution >= 0.6 is 12.2 Å². The highest BCUT2D eigenvalue weighted by Crippen LogP contribution is 2.27. The Bertz CT molecular complexity index is 595. The summed E-state index contributed by atoms with van der Waals surface area (Å²) >= 11 is 5.11. The van der Waals surface area contributed by atoms with Gasteiger partial charge in [0.25, 0.3) is 5.91 Å². The Morgan fingerprint density at radius 1 is 1.42 bits per heavy atom. The van der Waals surface area contributed by atoms with Crippen molar-refractivity contribution >= 4 is 29.5 Å². The van der Waals surface area contributed by atoms with Gasteiger partial charge in [0.1, 0.15) is 0 Å². The average Bonchev–Trinajstić information content (AvgIpc) is 2.53. The van der Waals surface area contributed by atoms with E-state index in [1.165, 1.54) is 7.11 Å². The number of thiocarbonyl (C=S) groups is 1. The summed E-state index contributed by atoms with van der Waals surface area (Å²) in [6.07, 6.45) is 1.58. The van der Waals surface area contributed by atoms with Gasteiger partial charge in [0.2, 0.25) is 0 Å². The maximum Gasteiger partial charge on any atom is 0.255 e. The predicted octanol–water partition coefficient (Wildman–Crippen LogP) is 0.392. The smallest absolute Gasteiger partial charge is 0.255 e. The molecule has 0 bridgehead atoms.